The largest absolute Gasteiger partial charge is 0.493 e. The van der Waals surface area contributed by atoms with E-state index in [0.717, 1.165) is 41.9 Å². The first-order chi connectivity index (χ1) is 18.8. The number of rotatable bonds is 9. The van der Waals surface area contributed by atoms with Gasteiger partial charge < -0.3 is 14.6 Å². The molecule has 2 aliphatic rings. The molecule has 0 unspecified atom stereocenters. The lowest BCUT2D eigenvalue weighted by atomic mass is 9.95. The third-order valence-electron chi connectivity index (χ3n) is 7.93. The minimum Gasteiger partial charge on any atom is -0.493 e. The van der Waals surface area contributed by atoms with Crippen LogP contribution in [0.5, 0.6) is 11.5 Å². The van der Waals surface area contributed by atoms with Crippen molar-refractivity contribution in [3.05, 3.63) is 82.9 Å². The van der Waals surface area contributed by atoms with Crippen LogP contribution in [-0.4, -0.2) is 37.6 Å². The normalized spacial score (nSPS) is 17.4. The molecule has 0 amide bonds. The molecule has 3 aromatic rings. The summed E-state index contributed by atoms with van der Waals surface area (Å²) in [7, 11) is -2.86. The number of carboxylic acid groups (broad SMARTS) is 1. The van der Waals surface area contributed by atoms with Crippen molar-refractivity contribution in [2.75, 3.05) is 18.1 Å². The van der Waals surface area contributed by atoms with E-state index in [0.29, 0.717) is 32.0 Å². The average Bonchev–Trinajstić information content (AvgIpc) is 3.10. The molecule has 1 atom stereocenters. The highest BCUT2D eigenvalue weighted by Crippen LogP contribution is 2.36. The van der Waals surface area contributed by atoms with Gasteiger partial charge in [0.25, 0.3) is 0 Å². The van der Waals surface area contributed by atoms with Crippen molar-refractivity contribution in [1.29, 1.82) is 0 Å². The maximum Gasteiger partial charge on any atom is 0.303 e. The van der Waals surface area contributed by atoms with E-state index in [1.165, 1.54) is 22.3 Å². The fraction of sp³-hybridized carbons (Fsp3) is 0.406. The number of hydrogen-bond donors (Lipinski definition) is 1. The molecule has 1 N–H and O–H groups in total. The Balaban J connectivity index is 1.24. The smallest absolute Gasteiger partial charge is 0.303 e. The predicted octanol–water partition coefficient (Wildman–Crippen LogP) is 6.20. The summed E-state index contributed by atoms with van der Waals surface area (Å²) in [6, 6.07) is 20.6. The SMILES string of the molecule is C[C@@H](CC(=O)O)c1ccc(OCc2ccc3c(c2)-c2ccc(OCC4CCS(=O)(=O)CC4)cc2CCC3)cc1. The van der Waals surface area contributed by atoms with E-state index < -0.39 is 15.8 Å². The van der Waals surface area contributed by atoms with Gasteiger partial charge in [0.2, 0.25) is 0 Å². The highest BCUT2D eigenvalue weighted by Gasteiger charge is 2.24. The standard InChI is InChI=1S/C32H36O6S/c1-22(17-32(33)34)25-7-9-28(10-8-25)37-21-24-5-6-26-3-2-4-27-19-29(11-12-30(27)31(26)18-24)38-20-23-13-15-39(35,36)16-14-23/h5-12,18-19,22-23H,2-4,13-17,20-21H2,1H3,(H,33,34)/t22-/m0/s1. The lowest BCUT2D eigenvalue weighted by Crippen LogP contribution is -2.26. The van der Waals surface area contributed by atoms with Crippen molar-refractivity contribution in [1.82, 2.24) is 0 Å². The van der Waals surface area contributed by atoms with Gasteiger partial charge in [0.1, 0.15) is 27.9 Å². The summed E-state index contributed by atoms with van der Waals surface area (Å²) in [4.78, 5) is 11.0. The van der Waals surface area contributed by atoms with Crippen molar-refractivity contribution in [2.45, 2.75) is 58.0 Å². The van der Waals surface area contributed by atoms with Crippen LogP contribution in [0.2, 0.25) is 0 Å². The van der Waals surface area contributed by atoms with E-state index >= 15 is 0 Å². The molecule has 0 aromatic heterocycles. The zero-order valence-corrected chi connectivity index (χ0v) is 23.2. The summed E-state index contributed by atoms with van der Waals surface area (Å²) < 4.78 is 35.6. The van der Waals surface area contributed by atoms with Gasteiger partial charge in [-0.15, -0.1) is 0 Å². The third kappa shape index (κ3) is 7.01. The summed E-state index contributed by atoms with van der Waals surface area (Å²) in [6.45, 7) is 2.93. The Morgan fingerprint density at radius 3 is 2.36 bits per heavy atom. The van der Waals surface area contributed by atoms with Crippen LogP contribution in [0.1, 0.15) is 60.8 Å². The molecule has 39 heavy (non-hydrogen) atoms. The van der Waals surface area contributed by atoms with Crippen LogP contribution in [-0.2, 0) is 34.1 Å². The Hall–Kier alpha value is -3.32. The topological polar surface area (TPSA) is 89.9 Å². The van der Waals surface area contributed by atoms with E-state index in [1.54, 1.807) is 0 Å². The van der Waals surface area contributed by atoms with Gasteiger partial charge in [0.05, 0.1) is 24.5 Å². The molecule has 1 fully saturated rings. The number of hydrogen-bond acceptors (Lipinski definition) is 5. The van der Waals surface area contributed by atoms with Crippen LogP contribution < -0.4 is 9.47 Å². The number of aliphatic carboxylic acids is 1. The molecule has 0 radical (unpaired) electrons. The molecule has 0 bridgehead atoms. The fourth-order valence-corrected chi connectivity index (χ4v) is 7.13. The summed E-state index contributed by atoms with van der Waals surface area (Å²) >= 11 is 0. The minimum absolute atomic E-state index is 0.0433. The first-order valence-electron chi connectivity index (χ1n) is 13.8. The Kier molecular flexibility index (Phi) is 8.26. The summed E-state index contributed by atoms with van der Waals surface area (Å²) in [5.74, 6) is 1.60. The predicted molar refractivity (Wildman–Crippen MR) is 152 cm³/mol. The zero-order chi connectivity index (χ0) is 27.4. The lowest BCUT2D eigenvalue weighted by Gasteiger charge is -2.22. The minimum atomic E-state index is -2.86. The number of carbonyl (C=O) groups is 1. The monoisotopic (exact) mass is 548 g/mol. The van der Waals surface area contributed by atoms with Crippen molar-refractivity contribution < 1.29 is 27.8 Å². The molecule has 1 aliphatic carbocycles. The van der Waals surface area contributed by atoms with E-state index in [9.17, 15) is 13.2 Å². The van der Waals surface area contributed by atoms with Gasteiger partial charge in [-0.05, 0) is 108 Å². The maximum atomic E-state index is 11.7. The van der Waals surface area contributed by atoms with Crippen molar-refractivity contribution in [3.8, 4) is 22.6 Å². The van der Waals surface area contributed by atoms with E-state index in [1.807, 2.05) is 37.3 Å². The van der Waals surface area contributed by atoms with Gasteiger partial charge in [-0.2, -0.15) is 0 Å². The molecule has 3 aromatic carbocycles. The number of fused-ring (bicyclic) bond motifs is 3. The molecule has 1 aliphatic heterocycles. The number of carboxylic acids is 1. The lowest BCUT2D eigenvalue weighted by molar-refractivity contribution is -0.137. The molecule has 1 heterocycles. The van der Waals surface area contributed by atoms with E-state index in [4.69, 9.17) is 14.6 Å². The van der Waals surface area contributed by atoms with E-state index in [2.05, 4.69) is 30.3 Å². The van der Waals surface area contributed by atoms with Crippen LogP contribution in [0.3, 0.4) is 0 Å². The molecule has 5 rings (SSSR count). The third-order valence-corrected chi connectivity index (χ3v) is 9.64. The molecular weight excluding hydrogens is 512 g/mol. The molecule has 7 heteroatoms. The van der Waals surface area contributed by atoms with Crippen molar-refractivity contribution >= 4 is 15.8 Å². The van der Waals surface area contributed by atoms with Gasteiger partial charge in [0, 0.05) is 0 Å². The molecule has 0 saturated carbocycles. The molecule has 206 valence electrons. The van der Waals surface area contributed by atoms with Gasteiger partial charge in [-0.1, -0.05) is 37.3 Å². The Morgan fingerprint density at radius 1 is 0.897 bits per heavy atom. The zero-order valence-electron chi connectivity index (χ0n) is 22.4. The summed E-state index contributed by atoms with van der Waals surface area (Å²) in [6.07, 6.45) is 4.55. The number of aryl methyl sites for hydroxylation is 2. The highest BCUT2D eigenvalue weighted by molar-refractivity contribution is 7.91. The molecular formula is C32H36O6S. The average molecular weight is 549 g/mol. The summed E-state index contributed by atoms with van der Waals surface area (Å²) in [5.41, 5.74) is 7.18. The number of ether oxygens (including phenoxy) is 2. The molecule has 0 spiro atoms. The van der Waals surface area contributed by atoms with Gasteiger partial charge in [0.15, 0.2) is 0 Å². The highest BCUT2D eigenvalue weighted by atomic mass is 32.2. The van der Waals surface area contributed by atoms with E-state index in [-0.39, 0.29) is 23.8 Å². The van der Waals surface area contributed by atoms with Crippen molar-refractivity contribution in [3.63, 3.8) is 0 Å². The summed E-state index contributed by atoms with van der Waals surface area (Å²) in [5, 5.41) is 9.03. The van der Waals surface area contributed by atoms with Crippen LogP contribution in [0, 0.1) is 5.92 Å². The second-order valence-electron chi connectivity index (χ2n) is 10.9. The molecule has 1 saturated heterocycles. The Labute approximate surface area is 230 Å². The van der Waals surface area contributed by atoms with Crippen LogP contribution in [0.15, 0.2) is 60.7 Å². The number of benzene rings is 3. The van der Waals surface area contributed by atoms with Crippen LogP contribution >= 0.6 is 0 Å². The molecule has 6 nitrogen and oxygen atoms in total. The van der Waals surface area contributed by atoms with Gasteiger partial charge >= 0.3 is 5.97 Å². The second-order valence-corrected chi connectivity index (χ2v) is 13.2. The fourth-order valence-electron chi connectivity index (χ4n) is 5.54. The van der Waals surface area contributed by atoms with Crippen LogP contribution in [0.25, 0.3) is 11.1 Å². The quantitative estimate of drug-likeness (QED) is 0.342. The number of sulfone groups is 1. The first-order valence-corrected chi connectivity index (χ1v) is 15.6. The Bertz CT molecular complexity index is 1410. The maximum absolute atomic E-state index is 11.7. The van der Waals surface area contributed by atoms with Crippen LogP contribution in [0.4, 0.5) is 0 Å². The Morgan fingerprint density at radius 2 is 1.62 bits per heavy atom. The van der Waals surface area contributed by atoms with Crippen molar-refractivity contribution in [2.24, 2.45) is 5.92 Å². The second kappa shape index (κ2) is 11.8. The first kappa shape index (κ1) is 27.3. The van der Waals surface area contributed by atoms with Gasteiger partial charge in [-0.3, -0.25) is 4.79 Å². The van der Waals surface area contributed by atoms with Gasteiger partial charge in [-0.25, -0.2) is 8.42 Å².